The maximum atomic E-state index is 4.45. The molecule has 0 aliphatic rings. The fraction of sp³-hybridized carbons (Fsp3) is 0.467. The van der Waals surface area contributed by atoms with Gasteiger partial charge in [-0.25, -0.2) is 9.97 Å². The van der Waals surface area contributed by atoms with E-state index in [9.17, 15) is 0 Å². The Morgan fingerprint density at radius 1 is 1.32 bits per heavy atom. The van der Waals surface area contributed by atoms with Gasteiger partial charge in [-0.1, -0.05) is 26.7 Å². The van der Waals surface area contributed by atoms with Gasteiger partial charge < -0.3 is 5.32 Å². The van der Waals surface area contributed by atoms with Crippen molar-refractivity contribution < 1.29 is 0 Å². The summed E-state index contributed by atoms with van der Waals surface area (Å²) in [5.41, 5.74) is 1.09. The highest BCUT2D eigenvalue weighted by atomic mass is 15.1. The summed E-state index contributed by atoms with van der Waals surface area (Å²) in [5, 5.41) is 3.55. The van der Waals surface area contributed by atoms with Crippen LogP contribution in [0.2, 0.25) is 0 Å². The molecule has 0 saturated heterocycles. The number of unbranched alkanes of at least 4 members (excludes halogenated alkanes) is 1. The molecule has 2 heterocycles. The fourth-order valence-corrected chi connectivity index (χ4v) is 2.08. The van der Waals surface area contributed by atoms with Crippen LogP contribution < -0.4 is 5.32 Å². The molecule has 0 radical (unpaired) electrons. The smallest absolute Gasteiger partial charge is 0.137 e. The summed E-state index contributed by atoms with van der Waals surface area (Å²) in [7, 11) is 0. The topological polar surface area (TPSA) is 42.7 Å². The third kappa shape index (κ3) is 3.81. The second-order valence-electron chi connectivity index (χ2n) is 4.77. The molecule has 2 aromatic heterocycles. The average molecular weight is 258 g/mol. The molecule has 19 heavy (non-hydrogen) atoms. The Hall–Kier alpha value is -1.84. The summed E-state index contributed by atoms with van der Waals surface area (Å²) in [4.78, 5) is 8.47. The van der Waals surface area contributed by atoms with Gasteiger partial charge in [0.05, 0.1) is 11.9 Å². The molecule has 2 aromatic rings. The number of anilines is 1. The van der Waals surface area contributed by atoms with Crippen molar-refractivity contribution in [3.05, 3.63) is 37.1 Å². The van der Waals surface area contributed by atoms with Crippen LogP contribution in [0.4, 0.5) is 5.69 Å². The summed E-state index contributed by atoms with van der Waals surface area (Å²) in [6.45, 7) is 4.45. The van der Waals surface area contributed by atoms with Gasteiger partial charge in [0.2, 0.25) is 0 Å². The zero-order chi connectivity index (χ0) is 13.5. The molecular formula is C15H22N4. The monoisotopic (exact) mass is 258 g/mol. The Morgan fingerprint density at radius 2 is 2.21 bits per heavy atom. The van der Waals surface area contributed by atoms with Crippen LogP contribution in [0.3, 0.4) is 0 Å². The minimum absolute atomic E-state index is 0.542. The Morgan fingerprint density at radius 3 is 2.79 bits per heavy atom. The molecular weight excluding hydrogens is 236 g/mol. The number of rotatable bonds is 7. The highest BCUT2D eigenvalue weighted by Gasteiger charge is 2.05. The molecule has 0 aliphatic carbocycles. The predicted molar refractivity (Wildman–Crippen MR) is 78.6 cm³/mol. The first-order chi connectivity index (χ1) is 9.33. The number of pyridine rings is 1. The molecule has 4 heteroatoms. The van der Waals surface area contributed by atoms with Crippen LogP contribution in [0.15, 0.2) is 37.1 Å². The van der Waals surface area contributed by atoms with Crippen molar-refractivity contribution >= 4 is 5.69 Å². The Bertz CT molecular complexity index is 461. The first-order valence-electron chi connectivity index (χ1n) is 7.04. The number of hydrogen-bond acceptors (Lipinski definition) is 3. The largest absolute Gasteiger partial charge is 0.381 e. The molecule has 2 rings (SSSR count). The van der Waals surface area contributed by atoms with Gasteiger partial charge >= 0.3 is 0 Å². The lowest BCUT2D eigenvalue weighted by molar-refractivity contribution is 0.593. The molecule has 102 valence electrons. The number of nitrogens with zero attached hydrogens (tertiary/aromatic N) is 3. The van der Waals surface area contributed by atoms with Crippen molar-refractivity contribution in [3.8, 4) is 5.82 Å². The Labute approximate surface area is 114 Å². The highest BCUT2D eigenvalue weighted by molar-refractivity contribution is 5.44. The molecule has 0 fully saturated rings. The van der Waals surface area contributed by atoms with Crippen LogP contribution in [-0.4, -0.2) is 20.6 Å². The lowest BCUT2D eigenvalue weighted by Crippen LogP contribution is -2.18. The number of imidazole rings is 1. The van der Waals surface area contributed by atoms with Crippen LogP contribution in [0.25, 0.3) is 5.82 Å². The first kappa shape index (κ1) is 13.6. The summed E-state index contributed by atoms with van der Waals surface area (Å²) < 4.78 is 1.90. The van der Waals surface area contributed by atoms with Gasteiger partial charge in [0.15, 0.2) is 0 Å². The van der Waals surface area contributed by atoms with E-state index in [-0.39, 0.29) is 0 Å². The molecule has 1 atom stereocenters. The van der Waals surface area contributed by atoms with E-state index in [1.165, 1.54) is 19.3 Å². The van der Waals surface area contributed by atoms with Crippen molar-refractivity contribution in [2.24, 2.45) is 0 Å². The van der Waals surface area contributed by atoms with E-state index in [0.29, 0.717) is 6.04 Å². The number of aromatic nitrogens is 3. The Balaban J connectivity index is 1.98. The van der Waals surface area contributed by atoms with Crippen LogP contribution in [-0.2, 0) is 0 Å². The van der Waals surface area contributed by atoms with Gasteiger partial charge in [-0.15, -0.1) is 0 Å². The minimum atomic E-state index is 0.542. The van der Waals surface area contributed by atoms with Crippen molar-refractivity contribution in [1.82, 2.24) is 14.5 Å². The maximum absolute atomic E-state index is 4.45. The number of hydrogen-bond donors (Lipinski definition) is 1. The normalized spacial score (nSPS) is 12.3. The van der Waals surface area contributed by atoms with E-state index in [1.807, 2.05) is 23.0 Å². The zero-order valence-electron chi connectivity index (χ0n) is 11.7. The second kappa shape index (κ2) is 6.92. The molecule has 0 spiro atoms. The zero-order valence-corrected chi connectivity index (χ0v) is 11.7. The lowest BCUT2D eigenvalue weighted by Gasteiger charge is -2.17. The van der Waals surface area contributed by atoms with Gasteiger partial charge in [-0.05, 0) is 25.0 Å². The molecule has 1 N–H and O–H groups in total. The average Bonchev–Trinajstić information content (AvgIpc) is 2.98. The van der Waals surface area contributed by atoms with E-state index in [4.69, 9.17) is 0 Å². The summed E-state index contributed by atoms with van der Waals surface area (Å²) in [5.74, 6) is 0.893. The third-order valence-corrected chi connectivity index (χ3v) is 3.29. The molecule has 0 aliphatic heterocycles. The SMILES string of the molecule is CCCCC(CC)Nc1ccc(-n2ccnc2)nc1. The van der Waals surface area contributed by atoms with Crippen LogP contribution in [0.5, 0.6) is 0 Å². The van der Waals surface area contributed by atoms with Gasteiger partial charge in [0.1, 0.15) is 12.1 Å². The van der Waals surface area contributed by atoms with E-state index in [2.05, 4.69) is 35.2 Å². The fourth-order valence-electron chi connectivity index (χ4n) is 2.08. The van der Waals surface area contributed by atoms with Crippen molar-refractivity contribution in [3.63, 3.8) is 0 Å². The van der Waals surface area contributed by atoms with Gasteiger partial charge in [0, 0.05) is 18.4 Å². The van der Waals surface area contributed by atoms with Crippen LogP contribution in [0.1, 0.15) is 39.5 Å². The quantitative estimate of drug-likeness (QED) is 0.824. The van der Waals surface area contributed by atoms with Crippen LogP contribution in [0, 0.1) is 0 Å². The molecule has 1 unspecified atom stereocenters. The molecule has 0 bridgehead atoms. The second-order valence-corrected chi connectivity index (χ2v) is 4.77. The first-order valence-corrected chi connectivity index (χ1v) is 7.04. The third-order valence-electron chi connectivity index (χ3n) is 3.29. The highest BCUT2D eigenvalue weighted by Crippen LogP contribution is 2.14. The van der Waals surface area contributed by atoms with Crippen molar-refractivity contribution in [2.75, 3.05) is 5.32 Å². The Kier molecular flexibility index (Phi) is 4.95. The van der Waals surface area contributed by atoms with Gasteiger partial charge in [-0.3, -0.25) is 4.57 Å². The molecule has 4 nitrogen and oxygen atoms in total. The van der Waals surface area contributed by atoms with Crippen LogP contribution >= 0.6 is 0 Å². The van der Waals surface area contributed by atoms with Crippen molar-refractivity contribution in [1.29, 1.82) is 0 Å². The van der Waals surface area contributed by atoms with E-state index >= 15 is 0 Å². The maximum Gasteiger partial charge on any atom is 0.137 e. The summed E-state index contributed by atoms with van der Waals surface area (Å²) in [6, 6.07) is 4.63. The van der Waals surface area contributed by atoms with Crippen molar-refractivity contribution in [2.45, 2.75) is 45.6 Å². The van der Waals surface area contributed by atoms with E-state index in [0.717, 1.165) is 17.9 Å². The van der Waals surface area contributed by atoms with Gasteiger partial charge in [-0.2, -0.15) is 0 Å². The standard InChI is InChI=1S/C15H22N4/c1-3-5-6-13(4-2)18-14-7-8-15(17-11-14)19-10-9-16-12-19/h7-13,18H,3-6H2,1-2H3. The number of nitrogens with one attached hydrogen (secondary N) is 1. The lowest BCUT2D eigenvalue weighted by atomic mass is 10.1. The summed E-state index contributed by atoms with van der Waals surface area (Å²) in [6.07, 6.45) is 12.2. The molecule has 0 amide bonds. The van der Waals surface area contributed by atoms with E-state index in [1.54, 1.807) is 12.5 Å². The van der Waals surface area contributed by atoms with Gasteiger partial charge in [0.25, 0.3) is 0 Å². The molecule has 0 saturated carbocycles. The summed E-state index contributed by atoms with van der Waals surface area (Å²) >= 11 is 0. The predicted octanol–water partition coefficient (Wildman–Crippen LogP) is 3.65. The minimum Gasteiger partial charge on any atom is -0.381 e. The molecule has 0 aromatic carbocycles. The van der Waals surface area contributed by atoms with E-state index < -0.39 is 0 Å².